The van der Waals surface area contributed by atoms with Crippen LogP contribution in [0.4, 0.5) is 17.6 Å². The van der Waals surface area contributed by atoms with Crippen molar-refractivity contribution in [3.63, 3.8) is 0 Å². The van der Waals surface area contributed by atoms with Gasteiger partial charge in [-0.3, -0.25) is 10.1 Å². The first kappa shape index (κ1) is 24.4. The van der Waals surface area contributed by atoms with E-state index < -0.39 is 18.5 Å². The maximum atomic E-state index is 14.3. The number of allylic oxidation sites excluding steroid dienone is 1. The number of nitrogens with zero attached hydrogens (tertiary/aromatic N) is 2. The second-order valence-corrected chi connectivity index (χ2v) is 8.72. The minimum atomic E-state index is -4.47. The first-order valence-corrected chi connectivity index (χ1v) is 11.3. The summed E-state index contributed by atoms with van der Waals surface area (Å²) in [5.74, 6) is 0.243. The van der Waals surface area contributed by atoms with Gasteiger partial charge in [-0.1, -0.05) is 50.2 Å². The number of hydrogen-bond donors (Lipinski definition) is 1. The van der Waals surface area contributed by atoms with Gasteiger partial charge < -0.3 is 4.74 Å². The highest BCUT2D eigenvalue weighted by Gasteiger charge is 2.32. The molecular weight excluding hydrogens is 458 g/mol. The van der Waals surface area contributed by atoms with E-state index in [4.69, 9.17) is 4.74 Å². The van der Waals surface area contributed by atoms with Gasteiger partial charge in [0.2, 0.25) is 5.95 Å². The van der Waals surface area contributed by atoms with Gasteiger partial charge in [0.25, 0.3) is 0 Å². The third-order valence-electron chi connectivity index (χ3n) is 5.56. The molecule has 0 spiro atoms. The Bertz CT molecular complexity index is 1330. The number of aromatic amines is 1. The van der Waals surface area contributed by atoms with Gasteiger partial charge >= 0.3 is 6.18 Å². The van der Waals surface area contributed by atoms with Crippen LogP contribution in [0.3, 0.4) is 0 Å². The molecule has 2 heterocycles. The molecule has 0 atom stereocenters. The molecule has 0 bridgehead atoms. The third-order valence-corrected chi connectivity index (χ3v) is 5.56. The van der Waals surface area contributed by atoms with E-state index in [1.54, 1.807) is 48.5 Å². The van der Waals surface area contributed by atoms with Crippen molar-refractivity contribution in [2.24, 2.45) is 5.92 Å². The van der Waals surface area contributed by atoms with Crippen molar-refractivity contribution in [1.29, 1.82) is 0 Å². The summed E-state index contributed by atoms with van der Waals surface area (Å²) < 4.78 is 61.6. The molecule has 182 valence electrons. The van der Waals surface area contributed by atoms with E-state index in [9.17, 15) is 17.6 Å². The number of hydrogen-bond acceptors (Lipinski definition) is 3. The van der Waals surface area contributed by atoms with Crippen LogP contribution in [-0.4, -0.2) is 28.0 Å². The van der Waals surface area contributed by atoms with Crippen LogP contribution in [0.5, 0.6) is 5.75 Å². The maximum absolute atomic E-state index is 14.3. The molecule has 0 amide bonds. The number of halogens is 4. The van der Waals surface area contributed by atoms with Crippen molar-refractivity contribution >= 4 is 22.0 Å². The topological polar surface area (TPSA) is 50.8 Å². The Labute approximate surface area is 200 Å². The number of rotatable bonds is 8. The normalized spacial score (nSPS) is 12.8. The molecule has 1 N–H and O–H groups in total. The molecule has 0 aliphatic rings. The van der Waals surface area contributed by atoms with Crippen LogP contribution in [0.15, 0.2) is 67.0 Å². The predicted octanol–water partition coefficient (Wildman–Crippen LogP) is 7.43. The van der Waals surface area contributed by atoms with E-state index in [1.807, 2.05) is 0 Å². The summed E-state index contributed by atoms with van der Waals surface area (Å²) in [7, 11) is 0. The summed E-state index contributed by atoms with van der Waals surface area (Å²) in [6, 6.07) is 14.8. The number of pyridine rings is 1. The predicted molar refractivity (Wildman–Crippen MR) is 128 cm³/mol. The number of ether oxygens (including phenoxy) is 1. The number of nitrogens with one attached hydrogen (secondary N) is 1. The molecule has 8 heteroatoms. The Balaban J connectivity index is 1.93. The molecular formula is C27H25F4N3O. The molecule has 4 rings (SSSR count). The van der Waals surface area contributed by atoms with Crippen LogP contribution < -0.4 is 4.74 Å². The van der Waals surface area contributed by atoms with Crippen LogP contribution in [-0.2, 0) is 0 Å². The van der Waals surface area contributed by atoms with E-state index in [0.717, 1.165) is 6.42 Å². The van der Waals surface area contributed by atoms with Crippen molar-refractivity contribution in [3.8, 4) is 5.75 Å². The number of alkyl halides is 3. The minimum Gasteiger partial charge on any atom is -0.492 e. The molecule has 0 unspecified atom stereocenters. The fourth-order valence-corrected chi connectivity index (χ4v) is 3.87. The van der Waals surface area contributed by atoms with Crippen molar-refractivity contribution < 1.29 is 22.3 Å². The SMILES string of the molecule is CC(C)CCOc1cncc(/C(=C(/CC(F)(F)F)c2ccccc2)c2ccc3n[nH]c(F)c3c2)c1. The first-order chi connectivity index (χ1) is 16.7. The van der Waals surface area contributed by atoms with E-state index >= 15 is 0 Å². The lowest BCUT2D eigenvalue weighted by molar-refractivity contribution is -0.122. The molecule has 0 fully saturated rings. The smallest absolute Gasteiger partial charge is 0.393 e. The van der Waals surface area contributed by atoms with Crippen LogP contribution in [0.1, 0.15) is 43.4 Å². The monoisotopic (exact) mass is 483 g/mol. The van der Waals surface area contributed by atoms with Crippen LogP contribution in [0, 0.1) is 11.9 Å². The van der Waals surface area contributed by atoms with Crippen molar-refractivity contribution in [2.75, 3.05) is 6.61 Å². The van der Waals surface area contributed by atoms with Crippen LogP contribution >= 0.6 is 0 Å². The Morgan fingerprint density at radius 3 is 2.46 bits per heavy atom. The van der Waals surface area contributed by atoms with E-state index in [1.165, 1.54) is 18.5 Å². The minimum absolute atomic E-state index is 0.0579. The lowest BCUT2D eigenvalue weighted by Crippen LogP contribution is -2.10. The number of H-pyrrole nitrogens is 1. The van der Waals surface area contributed by atoms with Gasteiger partial charge in [-0.2, -0.15) is 22.7 Å². The molecule has 0 aliphatic heterocycles. The summed E-state index contributed by atoms with van der Waals surface area (Å²) in [6.45, 7) is 4.61. The largest absolute Gasteiger partial charge is 0.492 e. The van der Waals surface area contributed by atoms with E-state index in [2.05, 4.69) is 29.0 Å². The van der Waals surface area contributed by atoms with Crippen LogP contribution in [0.25, 0.3) is 22.0 Å². The molecule has 0 aliphatic carbocycles. The number of benzene rings is 2. The van der Waals surface area contributed by atoms with Crippen LogP contribution in [0.2, 0.25) is 0 Å². The van der Waals surface area contributed by atoms with Gasteiger partial charge in [-0.05, 0) is 52.8 Å². The third kappa shape index (κ3) is 6.07. The summed E-state index contributed by atoms with van der Waals surface area (Å²) in [5, 5.41) is 6.36. The molecule has 2 aromatic carbocycles. The fraction of sp³-hybridized carbons (Fsp3) is 0.259. The maximum Gasteiger partial charge on any atom is 0.393 e. The summed E-state index contributed by atoms with van der Waals surface area (Å²) in [6.07, 6.45) is -1.78. The highest BCUT2D eigenvalue weighted by molar-refractivity contribution is 6.00. The molecule has 2 aromatic heterocycles. The standard InChI is InChI=1S/C27H25F4N3O/c1-17(2)10-11-35-21-12-20(15-32-16-21)25(19-8-9-24-22(13-19)26(28)34-33-24)23(14-27(29,30)31)18-6-4-3-5-7-18/h3-9,12-13,15-17H,10-11,14H2,1-2H3,(H,33,34)/b25-23-. The van der Waals surface area contributed by atoms with E-state index in [0.29, 0.717) is 46.1 Å². The Morgan fingerprint density at radius 2 is 1.74 bits per heavy atom. The number of aromatic nitrogens is 3. The lowest BCUT2D eigenvalue weighted by atomic mass is 9.88. The second kappa shape index (κ2) is 10.3. The van der Waals surface area contributed by atoms with Gasteiger partial charge in [0.05, 0.1) is 30.1 Å². The second-order valence-electron chi connectivity index (χ2n) is 8.72. The zero-order chi connectivity index (χ0) is 25.0. The Kier molecular flexibility index (Phi) is 7.19. The molecule has 4 nitrogen and oxygen atoms in total. The Hall–Kier alpha value is -3.68. The Morgan fingerprint density at radius 1 is 0.971 bits per heavy atom. The van der Waals surface area contributed by atoms with Gasteiger partial charge in [-0.25, -0.2) is 0 Å². The van der Waals surface area contributed by atoms with Crippen molar-refractivity contribution in [2.45, 2.75) is 32.9 Å². The first-order valence-electron chi connectivity index (χ1n) is 11.3. The van der Waals surface area contributed by atoms with E-state index in [-0.39, 0.29) is 11.0 Å². The molecule has 35 heavy (non-hydrogen) atoms. The fourth-order valence-electron chi connectivity index (χ4n) is 3.87. The average molecular weight is 484 g/mol. The highest BCUT2D eigenvalue weighted by atomic mass is 19.4. The summed E-state index contributed by atoms with van der Waals surface area (Å²) >= 11 is 0. The quantitative estimate of drug-likeness (QED) is 0.209. The highest BCUT2D eigenvalue weighted by Crippen LogP contribution is 2.40. The zero-order valence-corrected chi connectivity index (χ0v) is 19.4. The summed E-state index contributed by atoms with van der Waals surface area (Å²) in [4.78, 5) is 4.24. The molecule has 0 radical (unpaired) electrons. The van der Waals surface area contributed by atoms with Gasteiger partial charge in [0.1, 0.15) is 5.75 Å². The van der Waals surface area contributed by atoms with Gasteiger partial charge in [-0.15, -0.1) is 0 Å². The average Bonchev–Trinajstić information content (AvgIpc) is 3.19. The molecule has 0 saturated heterocycles. The van der Waals surface area contributed by atoms with Gasteiger partial charge in [0, 0.05) is 11.8 Å². The van der Waals surface area contributed by atoms with Gasteiger partial charge in [0.15, 0.2) is 0 Å². The summed E-state index contributed by atoms with van der Waals surface area (Å²) in [5.41, 5.74) is 2.02. The molecule has 4 aromatic rings. The van der Waals surface area contributed by atoms with Crippen molar-refractivity contribution in [3.05, 3.63) is 89.6 Å². The van der Waals surface area contributed by atoms with Crippen molar-refractivity contribution in [1.82, 2.24) is 15.2 Å². The zero-order valence-electron chi connectivity index (χ0n) is 19.4. The lowest BCUT2D eigenvalue weighted by Gasteiger charge is -2.19. The molecule has 0 saturated carbocycles. The number of fused-ring (bicyclic) bond motifs is 1.